The molecule has 0 radical (unpaired) electrons. The lowest BCUT2D eigenvalue weighted by Crippen LogP contribution is -2.68. The molecule has 2 saturated heterocycles. The van der Waals surface area contributed by atoms with Gasteiger partial charge in [0.2, 0.25) is 0 Å². The van der Waals surface area contributed by atoms with E-state index in [1.54, 1.807) is 6.07 Å². The van der Waals surface area contributed by atoms with Crippen LogP contribution in [0.5, 0.6) is 0 Å². The second-order valence-corrected chi connectivity index (χ2v) is 9.71. The predicted molar refractivity (Wildman–Crippen MR) is 122 cm³/mol. The number of likely N-dealkylation sites (tertiary alicyclic amines) is 1. The van der Waals surface area contributed by atoms with Crippen LogP contribution in [0, 0.1) is 13.8 Å². The van der Waals surface area contributed by atoms with Crippen LogP contribution in [0.4, 0.5) is 14.6 Å². The highest BCUT2D eigenvalue weighted by Gasteiger charge is 2.39. The maximum absolute atomic E-state index is 14.1. The van der Waals surface area contributed by atoms with E-state index in [4.69, 9.17) is 5.73 Å². The summed E-state index contributed by atoms with van der Waals surface area (Å²) in [5.41, 5.74) is 9.79. The van der Waals surface area contributed by atoms with Crippen LogP contribution < -0.4 is 10.6 Å². The summed E-state index contributed by atoms with van der Waals surface area (Å²) in [6, 6.07) is 6.09. The molecular formula is C24H30F2N6. The number of nitrogens with zero attached hydrogens (tertiary/aromatic N) is 5. The number of nitrogens with two attached hydrogens (primary N) is 1. The van der Waals surface area contributed by atoms with Crippen molar-refractivity contribution in [3.63, 3.8) is 0 Å². The predicted octanol–water partition coefficient (Wildman–Crippen LogP) is 3.95. The molecule has 0 amide bonds. The highest BCUT2D eigenvalue weighted by atomic mass is 19.3. The number of hydrogen-bond acceptors (Lipinski definition) is 5. The fourth-order valence-corrected chi connectivity index (χ4v) is 5.19. The average Bonchev–Trinajstić information content (AvgIpc) is 3.12. The Hall–Kier alpha value is -2.58. The van der Waals surface area contributed by atoms with Gasteiger partial charge in [0.25, 0.3) is 6.43 Å². The third-order valence-corrected chi connectivity index (χ3v) is 6.72. The van der Waals surface area contributed by atoms with Gasteiger partial charge in [0.05, 0.1) is 5.69 Å². The van der Waals surface area contributed by atoms with E-state index < -0.39 is 6.43 Å². The van der Waals surface area contributed by atoms with Gasteiger partial charge >= 0.3 is 0 Å². The molecular weight excluding hydrogens is 410 g/mol. The monoisotopic (exact) mass is 440 g/mol. The summed E-state index contributed by atoms with van der Waals surface area (Å²) in [6.07, 6.45) is 3.12. The van der Waals surface area contributed by atoms with Gasteiger partial charge in [0.15, 0.2) is 0 Å². The Bertz CT molecular complexity index is 1140. The summed E-state index contributed by atoms with van der Waals surface area (Å²) in [7, 11) is 0. The largest absolute Gasteiger partial charge is 0.356 e. The van der Waals surface area contributed by atoms with Crippen molar-refractivity contribution in [2.24, 2.45) is 5.73 Å². The maximum atomic E-state index is 14.1. The molecule has 170 valence electrons. The zero-order chi connectivity index (χ0) is 22.6. The summed E-state index contributed by atoms with van der Waals surface area (Å²) in [6.45, 7) is 9.45. The molecule has 2 fully saturated rings. The molecule has 0 saturated carbocycles. The quantitative estimate of drug-likeness (QED) is 0.666. The average molecular weight is 441 g/mol. The second-order valence-electron chi connectivity index (χ2n) is 9.71. The van der Waals surface area contributed by atoms with Crippen molar-refractivity contribution in [2.75, 3.05) is 31.1 Å². The highest BCUT2D eigenvalue weighted by molar-refractivity contribution is 5.70. The summed E-state index contributed by atoms with van der Waals surface area (Å²) in [5.74, 6) is 0.631. The number of hydrogen-bond donors (Lipinski definition) is 1. The molecule has 2 N–H and O–H groups in total. The van der Waals surface area contributed by atoms with Gasteiger partial charge in [0.1, 0.15) is 17.2 Å². The molecule has 0 bridgehead atoms. The van der Waals surface area contributed by atoms with Crippen molar-refractivity contribution in [2.45, 2.75) is 51.6 Å². The van der Waals surface area contributed by atoms with Gasteiger partial charge in [-0.1, -0.05) is 0 Å². The molecule has 2 aliphatic rings. The number of rotatable bonds is 4. The van der Waals surface area contributed by atoms with Gasteiger partial charge in [-0.2, -0.15) is 0 Å². The van der Waals surface area contributed by atoms with Crippen LogP contribution in [0.2, 0.25) is 0 Å². The maximum Gasteiger partial charge on any atom is 0.281 e. The van der Waals surface area contributed by atoms with E-state index in [0.29, 0.717) is 17.4 Å². The van der Waals surface area contributed by atoms with Crippen LogP contribution in [0.15, 0.2) is 30.6 Å². The fourth-order valence-electron chi connectivity index (χ4n) is 5.19. The number of anilines is 1. The first-order valence-electron chi connectivity index (χ1n) is 11.2. The molecule has 0 atom stereocenters. The van der Waals surface area contributed by atoms with Crippen LogP contribution in [-0.2, 0) is 0 Å². The van der Waals surface area contributed by atoms with Gasteiger partial charge in [-0.05, 0) is 57.4 Å². The Morgan fingerprint density at radius 2 is 1.81 bits per heavy atom. The Labute approximate surface area is 187 Å². The molecule has 5 rings (SSSR count). The molecule has 3 aromatic heterocycles. The van der Waals surface area contributed by atoms with Gasteiger partial charge in [-0.25, -0.2) is 18.7 Å². The van der Waals surface area contributed by atoms with Crippen molar-refractivity contribution in [3.8, 4) is 11.1 Å². The molecule has 8 heteroatoms. The van der Waals surface area contributed by atoms with Crippen molar-refractivity contribution in [3.05, 3.63) is 47.5 Å². The number of piperidine rings is 1. The number of aromatic nitrogens is 3. The molecule has 32 heavy (non-hydrogen) atoms. The van der Waals surface area contributed by atoms with E-state index >= 15 is 0 Å². The van der Waals surface area contributed by atoms with E-state index in [1.165, 1.54) is 0 Å². The molecule has 0 aliphatic carbocycles. The zero-order valence-corrected chi connectivity index (χ0v) is 18.9. The zero-order valence-electron chi connectivity index (χ0n) is 18.9. The smallest absolute Gasteiger partial charge is 0.281 e. The molecule has 0 spiro atoms. The number of pyridine rings is 2. The summed E-state index contributed by atoms with van der Waals surface area (Å²) < 4.78 is 30.0. The van der Waals surface area contributed by atoms with Crippen LogP contribution in [0.25, 0.3) is 16.8 Å². The van der Waals surface area contributed by atoms with Gasteiger partial charge in [-0.3, -0.25) is 4.90 Å². The first-order valence-corrected chi connectivity index (χ1v) is 11.2. The van der Waals surface area contributed by atoms with Crippen LogP contribution in [0.1, 0.15) is 43.1 Å². The van der Waals surface area contributed by atoms with Crippen LogP contribution in [-0.4, -0.2) is 57.0 Å². The minimum Gasteiger partial charge on any atom is -0.356 e. The van der Waals surface area contributed by atoms with E-state index in [0.717, 1.165) is 61.5 Å². The summed E-state index contributed by atoms with van der Waals surface area (Å²) in [4.78, 5) is 13.5. The molecule has 0 aromatic carbocycles. The lowest BCUT2D eigenvalue weighted by Gasteiger charge is -2.51. The highest BCUT2D eigenvalue weighted by Crippen LogP contribution is 2.34. The lowest BCUT2D eigenvalue weighted by molar-refractivity contribution is 0.0294. The minimum absolute atomic E-state index is 0.0720. The molecule has 3 aromatic rings. The van der Waals surface area contributed by atoms with Crippen molar-refractivity contribution in [1.29, 1.82) is 0 Å². The Balaban J connectivity index is 1.38. The van der Waals surface area contributed by atoms with Crippen LogP contribution in [0.3, 0.4) is 0 Å². The Morgan fingerprint density at radius 1 is 1.09 bits per heavy atom. The van der Waals surface area contributed by atoms with Gasteiger partial charge in [-0.15, -0.1) is 0 Å². The molecule has 2 aliphatic heterocycles. The summed E-state index contributed by atoms with van der Waals surface area (Å²) in [5, 5.41) is 0. The topological polar surface area (TPSA) is 62.7 Å². The molecule has 5 heterocycles. The fraction of sp³-hybridized carbons (Fsp3) is 0.500. The third kappa shape index (κ3) is 3.86. The van der Waals surface area contributed by atoms with Crippen molar-refractivity contribution in [1.82, 2.24) is 19.3 Å². The SMILES string of the molecule is Cc1cn2cc(-c3ccc(N4CCC(N5CC(C)(N)C5)CC4)nc3C(F)F)cc(C)c2n1. The number of halogens is 2. The van der Waals surface area contributed by atoms with E-state index in [9.17, 15) is 8.78 Å². The molecule has 6 nitrogen and oxygen atoms in total. The first-order chi connectivity index (χ1) is 15.2. The van der Waals surface area contributed by atoms with Crippen molar-refractivity contribution < 1.29 is 8.78 Å². The van der Waals surface area contributed by atoms with Gasteiger partial charge < -0.3 is 15.0 Å². The standard InChI is InChI=1S/C24H30F2N6/c1-15-10-17(12-31-11-16(2)28-23(15)31)19-4-5-20(29-21(19)22(25)26)30-8-6-18(7-9-30)32-13-24(3,27)14-32/h4-5,10-12,18,22H,6-9,13-14,27H2,1-3H3. The molecule has 0 unspecified atom stereocenters. The lowest BCUT2D eigenvalue weighted by atomic mass is 9.89. The number of aryl methyl sites for hydroxylation is 2. The number of alkyl halides is 2. The minimum atomic E-state index is -2.65. The Morgan fingerprint density at radius 3 is 2.47 bits per heavy atom. The van der Waals surface area contributed by atoms with E-state index in [-0.39, 0.29) is 11.2 Å². The normalized spacial score (nSPS) is 19.7. The number of fused-ring (bicyclic) bond motifs is 1. The first kappa shape index (κ1) is 21.3. The third-order valence-electron chi connectivity index (χ3n) is 6.72. The summed E-state index contributed by atoms with van der Waals surface area (Å²) >= 11 is 0. The van der Waals surface area contributed by atoms with Crippen LogP contribution >= 0.6 is 0 Å². The Kier molecular flexibility index (Phi) is 5.17. The van der Waals surface area contributed by atoms with Crippen molar-refractivity contribution >= 4 is 11.5 Å². The van der Waals surface area contributed by atoms with Gasteiger partial charge in [0, 0.05) is 61.3 Å². The second kappa shape index (κ2) is 7.78. The van der Waals surface area contributed by atoms with E-state index in [2.05, 4.69) is 26.7 Å². The van der Waals surface area contributed by atoms with E-state index in [1.807, 2.05) is 42.8 Å². The number of imidazole rings is 1.